The van der Waals surface area contributed by atoms with Crippen LogP contribution in [0.4, 0.5) is 10.5 Å². The molecule has 3 rings (SSSR count). The molecule has 8 nitrogen and oxygen atoms in total. The van der Waals surface area contributed by atoms with Crippen LogP contribution in [0, 0.1) is 6.92 Å². The molecule has 0 radical (unpaired) electrons. The van der Waals surface area contributed by atoms with Crippen LogP contribution in [0.5, 0.6) is 0 Å². The maximum Gasteiger partial charge on any atom is 0.410 e. The summed E-state index contributed by atoms with van der Waals surface area (Å²) in [4.78, 5) is 18.5. The fraction of sp³-hybridized carbons (Fsp3) is 0.391. The van der Waals surface area contributed by atoms with Gasteiger partial charge in [-0.2, -0.15) is 13.5 Å². The lowest BCUT2D eigenvalue weighted by molar-refractivity contribution is 0.0240. The van der Waals surface area contributed by atoms with Gasteiger partial charge in [0.05, 0.1) is 11.1 Å². The van der Waals surface area contributed by atoms with E-state index in [1.807, 2.05) is 33.8 Å². The fourth-order valence-electron chi connectivity index (χ4n) is 3.31. The van der Waals surface area contributed by atoms with E-state index in [9.17, 15) is 13.2 Å². The van der Waals surface area contributed by atoms with Crippen molar-refractivity contribution in [3.8, 4) is 0 Å². The van der Waals surface area contributed by atoms with Crippen LogP contribution in [-0.4, -0.2) is 57.4 Å². The summed E-state index contributed by atoms with van der Waals surface area (Å²) in [6.07, 6.45) is 1.11. The summed E-state index contributed by atoms with van der Waals surface area (Å²) in [5.74, 6) is 0. The van der Waals surface area contributed by atoms with E-state index in [4.69, 9.17) is 16.3 Å². The van der Waals surface area contributed by atoms with Gasteiger partial charge in [0.25, 0.3) is 10.0 Å². The van der Waals surface area contributed by atoms with Crippen molar-refractivity contribution in [3.63, 3.8) is 0 Å². The van der Waals surface area contributed by atoms with Crippen LogP contribution in [-0.2, 0) is 14.8 Å². The van der Waals surface area contributed by atoms with Gasteiger partial charge in [0.1, 0.15) is 5.60 Å². The van der Waals surface area contributed by atoms with Crippen molar-refractivity contribution in [2.75, 3.05) is 31.1 Å². The topological polar surface area (TPSA) is 91.3 Å². The number of hydrogen-bond donors (Lipinski definition) is 1. The Labute approximate surface area is 200 Å². The number of sulfonamides is 1. The highest BCUT2D eigenvalue weighted by Crippen LogP contribution is 2.25. The second kappa shape index (κ2) is 10.0. The molecule has 1 saturated heterocycles. The van der Waals surface area contributed by atoms with E-state index < -0.39 is 15.6 Å². The molecule has 0 aromatic heterocycles. The maximum atomic E-state index is 12.5. The van der Waals surface area contributed by atoms with Crippen LogP contribution in [0.25, 0.3) is 0 Å². The van der Waals surface area contributed by atoms with Crippen molar-refractivity contribution >= 4 is 39.6 Å². The van der Waals surface area contributed by atoms with Crippen LogP contribution in [0.3, 0.4) is 0 Å². The van der Waals surface area contributed by atoms with Crippen LogP contribution in [0.2, 0.25) is 5.02 Å². The Morgan fingerprint density at radius 2 is 1.73 bits per heavy atom. The van der Waals surface area contributed by atoms with Crippen molar-refractivity contribution in [2.24, 2.45) is 5.10 Å². The molecule has 0 atom stereocenters. The zero-order valence-corrected chi connectivity index (χ0v) is 20.8. The van der Waals surface area contributed by atoms with Gasteiger partial charge >= 0.3 is 6.09 Å². The summed E-state index contributed by atoms with van der Waals surface area (Å²) in [5, 5.41) is 4.47. The van der Waals surface area contributed by atoms with Gasteiger partial charge in [-0.1, -0.05) is 29.3 Å². The molecule has 2 aromatic carbocycles. The van der Waals surface area contributed by atoms with Crippen molar-refractivity contribution < 1.29 is 17.9 Å². The van der Waals surface area contributed by atoms with Crippen molar-refractivity contribution in [2.45, 2.75) is 38.2 Å². The lowest BCUT2D eigenvalue weighted by Gasteiger charge is -2.37. The minimum Gasteiger partial charge on any atom is -0.444 e. The van der Waals surface area contributed by atoms with Gasteiger partial charge in [0, 0.05) is 42.5 Å². The molecular formula is C23H29ClN4O4S. The molecule has 0 saturated carbocycles. The summed E-state index contributed by atoms with van der Waals surface area (Å²) in [6, 6.07) is 11.9. The van der Waals surface area contributed by atoms with E-state index in [0.29, 0.717) is 36.8 Å². The number of carbonyl (C=O) groups excluding carboxylic acids is 1. The third-order valence-corrected chi connectivity index (χ3v) is 6.44. The number of hydrogen-bond acceptors (Lipinski definition) is 6. The van der Waals surface area contributed by atoms with Crippen LogP contribution in [0.1, 0.15) is 31.9 Å². The van der Waals surface area contributed by atoms with E-state index >= 15 is 0 Å². The Balaban J connectivity index is 1.70. The summed E-state index contributed by atoms with van der Waals surface area (Å²) in [5.41, 5.74) is 1.94. The first-order chi connectivity index (χ1) is 15.4. The molecule has 2 aromatic rings. The van der Waals surface area contributed by atoms with Gasteiger partial charge in [-0.25, -0.2) is 9.63 Å². The number of rotatable bonds is 5. The number of halogens is 1. The lowest BCUT2D eigenvalue weighted by atomic mass is 10.1. The summed E-state index contributed by atoms with van der Waals surface area (Å²) >= 11 is 6.17. The molecule has 0 unspecified atom stereocenters. The molecule has 1 N–H and O–H groups in total. The molecule has 0 aliphatic carbocycles. The van der Waals surface area contributed by atoms with Crippen LogP contribution < -0.4 is 9.73 Å². The van der Waals surface area contributed by atoms with E-state index in [1.165, 1.54) is 18.3 Å². The molecule has 10 heteroatoms. The minimum absolute atomic E-state index is 0.134. The molecule has 33 heavy (non-hydrogen) atoms. The Hall–Kier alpha value is -2.78. The average molecular weight is 493 g/mol. The molecule has 1 aliphatic rings. The monoisotopic (exact) mass is 492 g/mol. The first-order valence-electron chi connectivity index (χ1n) is 10.6. The third kappa shape index (κ3) is 6.85. The quantitative estimate of drug-likeness (QED) is 0.503. The zero-order chi connectivity index (χ0) is 24.2. The van der Waals surface area contributed by atoms with Crippen molar-refractivity contribution in [1.29, 1.82) is 0 Å². The molecule has 1 fully saturated rings. The number of aryl methyl sites for hydroxylation is 1. The fourth-order valence-corrected chi connectivity index (χ4v) is 4.28. The SMILES string of the molecule is Cc1ccc(S(=O)(=O)N/N=C/c2cc(Cl)ccc2N2CCN(C(=O)OC(C)(C)C)CC2)cc1. The zero-order valence-electron chi connectivity index (χ0n) is 19.2. The van der Waals surface area contributed by atoms with Crippen molar-refractivity contribution in [1.82, 2.24) is 9.73 Å². The average Bonchev–Trinajstić information content (AvgIpc) is 2.73. The standard InChI is InChI=1S/C23H29ClN4O4S/c1-17-5-8-20(9-6-17)33(30,31)26-25-16-18-15-19(24)7-10-21(18)27-11-13-28(14-12-27)22(29)32-23(2,3)4/h5-10,15-16,26H,11-14H2,1-4H3/b25-16+. The van der Waals surface area contributed by atoms with Gasteiger partial charge in [-0.05, 0) is 58.0 Å². The highest BCUT2D eigenvalue weighted by Gasteiger charge is 2.26. The number of anilines is 1. The Morgan fingerprint density at radius 1 is 1.09 bits per heavy atom. The normalized spacial score (nSPS) is 15.1. The highest BCUT2D eigenvalue weighted by atomic mass is 35.5. The number of amides is 1. The summed E-state index contributed by atoms with van der Waals surface area (Å²) < 4.78 is 30.4. The Bertz CT molecular complexity index is 1120. The number of benzene rings is 2. The Morgan fingerprint density at radius 3 is 2.33 bits per heavy atom. The van der Waals surface area contributed by atoms with Gasteiger partial charge in [-0.15, -0.1) is 0 Å². The minimum atomic E-state index is -3.78. The second-order valence-corrected chi connectivity index (χ2v) is 10.9. The first-order valence-corrected chi connectivity index (χ1v) is 12.4. The first kappa shape index (κ1) is 24.9. The van der Waals surface area contributed by atoms with Crippen molar-refractivity contribution in [3.05, 3.63) is 58.6 Å². The molecule has 178 valence electrons. The number of piperazine rings is 1. The molecule has 1 aliphatic heterocycles. The molecule has 0 bridgehead atoms. The van der Waals surface area contributed by atoms with Crippen LogP contribution in [0.15, 0.2) is 52.5 Å². The van der Waals surface area contributed by atoms with E-state index in [-0.39, 0.29) is 11.0 Å². The second-order valence-electron chi connectivity index (χ2n) is 8.82. The largest absolute Gasteiger partial charge is 0.444 e. The number of carbonyl (C=O) groups is 1. The number of nitrogens with zero attached hydrogens (tertiary/aromatic N) is 3. The molecule has 1 amide bonds. The molecule has 0 spiro atoms. The number of hydrazone groups is 1. The summed E-state index contributed by atoms with van der Waals surface area (Å²) in [6.45, 7) is 9.61. The highest BCUT2D eigenvalue weighted by molar-refractivity contribution is 7.89. The number of ether oxygens (including phenoxy) is 1. The summed E-state index contributed by atoms with van der Waals surface area (Å²) in [7, 11) is -3.78. The lowest BCUT2D eigenvalue weighted by Crippen LogP contribution is -2.50. The molecule has 1 heterocycles. The number of nitrogens with one attached hydrogen (secondary N) is 1. The third-order valence-electron chi connectivity index (χ3n) is 4.97. The Kier molecular flexibility index (Phi) is 7.54. The predicted octanol–water partition coefficient (Wildman–Crippen LogP) is 4.02. The smallest absolute Gasteiger partial charge is 0.410 e. The van der Waals surface area contributed by atoms with Gasteiger partial charge in [0.15, 0.2) is 0 Å². The van der Waals surface area contributed by atoms with E-state index in [0.717, 1.165) is 11.3 Å². The van der Waals surface area contributed by atoms with E-state index in [2.05, 4.69) is 14.8 Å². The molecular weight excluding hydrogens is 464 g/mol. The van der Waals surface area contributed by atoms with Gasteiger partial charge in [-0.3, -0.25) is 0 Å². The van der Waals surface area contributed by atoms with Gasteiger partial charge in [0.2, 0.25) is 0 Å². The maximum absolute atomic E-state index is 12.5. The predicted molar refractivity (Wildman–Crippen MR) is 131 cm³/mol. The van der Waals surface area contributed by atoms with Gasteiger partial charge < -0.3 is 14.5 Å². The van der Waals surface area contributed by atoms with Crippen LogP contribution >= 0.6 is 11.6 Å². The van der Waals surface area contributed by atoms with E-state index in [1.54, 1.807) is 29.2 Å².